The molecule has 0 aromatic rings. The Kier molecular flexibility index (Phi) is 6.28. The summed E-state index contributed by atoms with van der Waals surface area (Å²) in [5.74, 6) is 0. The molecule has 16 heavy (non-hydrogen) atoms. The zero-order valence-electron chi connectivity index (χ0n) is 10.2. The van der Waals surface area contributed by atoms with E-state index in [1.54, 1.807) is 0 Å². The van der Waals surface area contributed by atoms with Crippen LogP contribution in [0.15, 0.2) is 0 Å². The fourth-order valence-electron chi connectivity index (χ4n) is 2.47. The third-order valence-electron chi connectivity index (χ3n) is 3.27. The van der Waals surface area contributed by atoms with Crippen molar-refractivity contribution in [1.82, 2.24) is 4.90 Å². The van der Waals surface area contributed by atoms with Gasteiger partial charge in [-0.3, -0.25) is 4.90 Å². The van der Waals surface area contributed by atoms with Gasteiger partial charge in [-0.15, -0.1) is 0 Å². The number of aliphatic hydroxyl groups excluding tert-OH is 3. The first-order chi connectivity index (χ1) is 7.63. The highest BCUT2D eigenvalue weighted by Crippen LogP contribution is 2.20. The van der Waals surface area contributed by atoms with Gasteiger partial charge in [0.2, 0.25) is 0 Å². The van der Waals surface area contributed by atoms with Crippen LogP contribution in [0.4, 0.5) is 0 Å². The molecule has 1 heterocycles. The molecule has 0 radical (unpaired) electrons. The van der Waals surface area contributed by atoms with Crippen LogP contribution in [-0.2, 0) is 0 Å². The molecule has 0 amide bonds. The van der Waals surface area contributed by atoms with E-state index in [0.29, 0.717) is 12.6 Å². The van der Waals surface area contributed by atoms with E-state index in [1.165, 1.54) is 12.8 Å². The topological polar surface area (TPSA) is 63.9 Å². The Labute approximate surface area is 97.9 Å². The molecule has 1 aliphatic rings. The van der Waals surface area contributed by atoms with Crippen molar-refractivity contribution in [2.75, 3.05) is 19.7 Å². The Bertz CT molecular complexity index is 187. The second-order valence-corrected chi connectivity index (χ2v) is 4.92. The number of aliphatic hydroxyl groups is 3. The lowest BCUT2D eigenvalue weighted by atomic mass is 10.0. The summed E-state index contributed by atoms with van der Waals surface area (Å²) in [5.41, 5.74) is 0. The van der Waals surface area contributed by atoms with Gasteiger partial charge in [-0.25, -0.2) is 0 Å². The lowest BCUT2D eigenvalue weighted by Crippen LogP contribution is -2.42. The van der Waals surface area contributed by atoms with Crippen molar-refractivity contribution in [3.8, 4) is 0 Å². The summed E-state index contributed by atoms with van der Waals surface area (Å²) in [6.45, 7) is 3.12. The van der Waals surface area contributed by atoms with Crippen LogP contribution in [0.5, 0.6) is 0 Å². The molecule has 0 bridgehead atoms. The molecule has 1 saturated heterocycles. The van der Waals surface area contributed by atoms with Gasteiger partial charge in [0.15, 0.2) is 0 Å². The summed E-state index contributed by atoms with van der Waals surface area (Å²) < 4.78 is 0. The SMILES string of the molecule is CC(O)CC1CCCCCN1CC(O)CO. The van der Waals surface area contributed by atoms with E-state index >= 15 is 0 Å². The summed E-state index contributed by atoms with van der Waals surface area (Å²) in [6.07, 6.45) is 4.47. The maximum atomic E-state index is 9.50. The van der Waals surface area contributed by atoms with E-state index in [0.717, 1.165) is 25.8 Å². The molecule has 1 fully saturated rings. The quantitative estimate of drug-likeness (QED) is 0.639. The van der Waals surface area contributed by atoms with E-state index in [1.807, 2.05) is 6.92 Å². The van der Waals surface area contributed by atoms with Crippen LogP contribution in [0.2, 0.25) is 0 Å². The van der Waals surface area contributed by atoms with Crippen LogP contribution in [0.1, 0.15) is 39.0 Å². The zero-order valence-corrected chi connectivity index (χ0v) is 10.2. The van der Waals surface area contributed by atoms with E-state index in [2.05, 4.69) is 4.90 Å². The average molecular weight is 231 g/mol. The van der Waals surface area contributed by atoms with Gasteiger partial charge < -0.3 is 15.3 Å². The van der Waals surface area contributed by atoms with Gasteiger partial charge in [-0.05, 0) is 32.7 Å². The Balaban J connectivity index is 2.51. The smallest absolute Gasteiger partial charge is 0.0897 e. The predicted molar refractivity (Wildman–Crippen MR) is 63.2 cm³/mol. The molecule has 0 saturated carbocycles. The average Bonchev–Trinajstić information content (AvgIpc) is 2.44. The molecular weight excluding hydrogens is 206 g/mol. The maximum Gasteiger partial charge on any atom is 0.0897 e. The third kappa shape index (κ3) is 4.78. The van der Waals surface area contributed by atoms with Gasteiger partial charge in [-0.1, -0.05) is 12.8 Å². The molecule has 1 aliphatic heterocycles. The molecule has 0 spiro atoms. The minimum Gasteiger partial charge on any atom is -0.394 e. The number of rotatable bonds is 5. The van der Waals surface area contributed by atoms with E-state index in [4.69, 9.17) is 5.11 Å². The molecular formula is C12H25NO3. The van der Waals surface area contributed by atoms with Gasteiger partial charge in [0.05, 0.1) is 18.8 Å². The van der Waals surface area contributed by atoms with Crippen molar-refractivity contribution in [1.29, 1.82) is 0 Å². The Morgan fingerprint density at radius 1 is 1.25 bits per heavy atom. The Morgan fingerprint density at radius 3 is 2.62 bits per heavy atom. The van der Waals surface area contributed by atoms with Crippen LogP contribution in [0, 0.1) is 0 Å². The first kappa shape index (κ1) is 13.9. The van der Waals surface area contributed by atoms with Crippen molar-refractivity contribution >= 4 is 0 Å². The number of nitrogens with zero attached hydrogens (tertiary/aromatic N) is 1. The highest BCUT2D eigenvalue weighted by atomic mass is 16.3. The summed E-state index contributed by atoms with van der Waals surface area (Å²) in [4.78, 5) is 2.22. The van der Waals surface area contributed by atoms with Crippen LogP contribution in [-0.4, -0.2) is 58.2 Å². The third-order valence-corrected chi connectivity index (χ3v) is 3.27. The first-order valence-electron chi connectivity index (χ1n) is 6.34. The number of hydrogen-bond acceptors (Lipinski definition) is 4. The Morgan fingerprint density at radius 2 is 2.00 bits per heavy atom. The largest absolute Gasteiger partial charge is 0.394 e. The van der Waals surface area contributed by atoms with Gasteiger partial charge in [0, 0.05) is 12.6 Å². The summed E-state index contributed by atoms with van der Waals surface area (Å²) in [6, 6.07) is 0.351. The monoisotopic (exact) mass is 231 g/mol. The minimum atomic E-state index is -0.658. The first-order valence-corrected chi connectivity index (χ1v) is 6.34. The minimum absolute atomic E-state index is 0.183. The molecule has 3 unspecified atom stereocenters. The summed E-state index contributed by atoms with van der Waals surface area (Å²) in [7, 11) is 0. The van der Waals surface area contributed by atoms with Crippen LogP contribution in [0.3, 0.4) is 0 Å². The molecule has 1 rings (SSSR count). The van der Waals surface area contributed by atoms with Crippen LogP contribution >= 0.6 is 0 Å². The lowest BCUT2D eigenvalue weighted by molar-refractivity contribution is 0.0340. The van der Waals surface area contributed by atoms with Gasteiger partial charge >= 0.3 is 0 Å². The number of hydrogen-bond donors (Lipinski definition) is 3. The van der Waals surface area contributed by atoms with Gasteiger partial charge in [0.1, 0.15) is 0 Å². The molecule has 4 nitrogen and oxygen atoms in total. The summed E-state index contributed by atoms with van der Waals surface area (Å²) >= 11 is 0. The second kappa shape index (κ2) is 7.22. The van der Waals surface area contributed by atoms with Crippen molar-refractivity contribution in [3.05, 3.63) is 0 Å². The molecule has 3 atom stereocenters. The normalized spacial score (nSPS) is 27.4. The summed E-state index contributed by atoms with van der Waals surface area (Å²) in [5, 5.41) is 27.8. The number of β-amino-alcohol motifs (C(OH)–C–C–N with tert-alkyl or cyclic N) is 1. The number of likely N-dealkylation sites (tertiary alicyclic amines) is 1. The van der Waals surface area contributed by atoms with Crippen molar-refractivity contribution < 1.29 is 15.3 Å². The van der Waals surface area contributed by atoms with Crippen molar-refractivity contribution in [2.45, 2.75) is 57.3 Å². The maximum absolute atomic E-state index is 9.50. The van der Waals surface area contributed by atoms with Crippen molar-refractivity contribution in [3.63, 3.8) is 0 Å². The fourth-order valence-corrected chi connectivity index (χ4v) is 2.47. The molecule has 0 aliphatic carbocycles. The second-order valence-electron chi connectivity index (χ2n) is 4.92. The van der Waals surface area contributed by atoms with E-state index < -0.39 is 6.10 Å². The highest BCUT2D eigenvalue weighted by Gasteiger charge is 2.23. The lowest BCUT2D eigenvalue weighted by Gasteiger charge is -2.32. The molecule has 3 N–H and O–H groups in total. The Hall–Kier alpha value is -0.160. The van der Waals surface area contributed by atoms with Crippen LogP contribution in [0.25, 0.3) is 0 Å². The van der Waals surface area contributed by atoms with Crippen LogP contribution < -0.4 is 0 Å². The zero-order chi connectivity index (χ0) is 12.0. The highest BCUT2D eigenvalue weighted by molar-refractivity contribution is 4.78. The molecule has 4 heteroatoms. The standard InChI is InChI=1S/C12H25NO3/c1-10(15)7-11-5-3-2-4-6-13(11)8-12(16)9-14/h10-12,14-16H,2-9H2,1H3. The molecule has 96 valence electrons. The fraction of sp³-hybridized carbons (Fsp3) is 1.00. The molecule has 0 aromatic heterocycles. The van der Waals surface area contributed by atoms with E-state index in [-0.39, 0.29) is 12.7 Å². The van der Waals surface area contributed by atoms with Gasteiger partial charge in [-0.2, -0.15) is 0 Å². The van der Waals surface area contributed by atoms with Gasteiger partial charge in [0.25, 0.3) is 0 Å². The van der Waals surface area contributed by atoms with E-state index in [9.17, 15) is 10.2 Å². The predicted octanol–water partition coefficient (Wildman–Crippen LogP) is 0.355. The van der Waals surface area contributed by atoms with Crippen molar-refractivity contribution in [2.24, 2.45) is 0 Å². The molecule has 0 aromatic carbocycles.